The van der Waals surface area contributed by atoms with Crippen LogP contribution < -0.4 is 9.47 Å². The average Bonchev–Trinajstić information content (AvgIpc) is 2.55. The van der Waals surface area contributed by atoms with Crippen LogP contribution in [-0.2, 0) is 4.74 Å². The standard InChI is InChI=1S/C17H21NO5/c1-12(19)13-2-3-15(16-14(20)4-8-23-17(13)16)22-11-7-18-5-9-21-10-6-18/h2-3H,4-11H2,1H3. The Hall–Kier alpha value is -1.92. The van der Waals surface area contributed by atoms with Crippen molar-refractivity contribution in [2.75, 3.05) is 46.1 Å². The van der Waals surface area contributed by atoms with E-state index < -0.39 is 0 Å². The van der Waals surface area contributed by atoms with E-state index in [1.807, 2.05) is 0 Å². The summed E-state index contributed by atoms with van der Waals surface area (Å²) in [5.74, 6) is 0.729. The van der Waals surface area contributed by atoms with Gasteiger partial charge in [-0.15, -0.1) is 0 Å². The van der Waals surface area contributed by atoms with E-state index >= 15 is 0 Å². The molecule has 0 saturated carbocycles. The van der Waals surface area contributed by atoms with E-state index in [0.29, 0.717) is 42.3 Å². The number of Topliss-reactive ketones (excluding diaryl/α,β-unsaturated/α-hetero) is 2. The van der Waals surface area contributed by atoms with Crippen LogP contribution in [0.5, 0.6) is 11.5 Å². The molecule has 124 valence electrons. The number of rotatable bonds is 5. The fraction of sp³-hybridized carbons (Fsp3) is 0.529. The highest BCUT2D eigenvalue weighted by atomic mass is 16.5. The van der Waals surface area contributed by atoms with Gasteiger partial charge in [0.05, 0.1) is 25.4 Å². The topological polar surface area (TPSA) is 65.1 Å². The van der Waals surface area contributed by atoms with Crippen LogP contribution in [0.2, 0.25) is 0 Å². The molecule has 6 nitrogen and oxygen atoms in total. The molecule has 2 aliphatic heterocycles. The summed E-state index contributed by atoms with van der Waals surface area (Å²) in [5, 5.41) is 0. The number of ketones is 2. The SMILES string of the molecule is CC(=O)c1ccc(OCCN2CCOCC2)c2c1OCCC2=O. The molecule has 0 unspecified atom stereocenters. The van der Waals surface area contributed by atoms with Crippen molar-refractivity contribution in [2.45, 2.75) is 13.3 Å². The molecule has 1 saturated heterocycles. The molecular weight excluding hydrogens is 298 g/mol. The Morgan fingerprint density at radius 3 is 2.78 bits per heavy atom. The van der Waals surface area contributed by atoms with Crippen molar-refractivity contribution in [3.05, 3.63) is 23.3 Å². The number of carbonyl (C=O) groups is 2. The molecule has 0 atom stereocenters. The molecule has 2 aliphatic rings. The van der Waals surface area contributed by atoms with Crippen LogP contribution in [0.1, 0.15) is 34.1 Å². The maximum absolute atomic E-state index is 12.2. The van der Waals surface area contributed by atoms with Crippen molar-refractivity contribution >= 4 is 11.6 Å². The van der Waals surface area contributed by atoms with Gasteiger partial charge in [0.2, 0.25) is 0 Å². The zero-order chi connectivity index (χ0) is 16.2. The minimum absolute atomic E-state index is 0.0317. The number of benzene rings is 1. The minimum atomic E-state index is -0.115. The fourth-order valence-electron chi connectivity index (χ4n) is 2.86. The summed E-state index contributed by atoms with van der Waals surface area (Å²) in [6.07, 6.45) is 0.314. The Kier molecular flexibility index (Phi) is 4.93. The van der Waals surface area contributed by atoms with E-state index in [0.717, 1.165) is 32.8 Å². The smallest absolute Gasteiger partial charge is 0.173 e. The van der Waals surface area contributed by atoms with Gasteiger partial charge >= 0.3 is 0 Å². The predicted molar refractivity (Wildman–Crippen MR) is 83.6 cm³/mol. The summed E-state index contributed by atoms with van der Waals surface area (Å²) in [6, 6.07) is 3.37. The van der Waals surface area contributed by atoms with E-state index in [1.165, 1.54) is 6.92 Å². The quantitative estimate of drug-likeness (QED) is 0.768. The summed E-state index contributed by atoms with van der Waals surface area (Å²) in [5.41, 5.74) is 0.847. The monoisotopic (exact) mass is 319 g/mol. The first kappa shape index (κ1) is 16.0. The van der Waals surface area contributed by atoms with Crippen molar-refractivity contribution in [1.29, 1.82) is 0 Å². The summed E-state index contributed by atoms with van der Waals surface area (Å²) in [6.45, 7) is 6.32. The Balaban J connectivity index is 1.74. The van der Waals surface area contributed by atoms with Crippen LogP contribution in [0.3, 0.4) is 0 Å². The lowest BCUT2D eigenvalue weighted by atomic mass is 9.98. The third-order valence-corrected chi connectivity index (χ3v) is 4.12. The van der Waals surface area contributed by atoms with Crippen molar-refractivity contribution in [2.24, 2.45) is 0 Å². The molecule has 0 N–H and O–H groups in total. The molecule has 0 spiro atoms. The van der Waals surface area contributed by atoms with Gasteiger partial charge in [0.25, 0.3) is 0 Å². The number of ether oxygens (including phenoxy) is 3. The molecule has 1 aromatic rings. The van der Waals surface area contributed by atoms with E-state index in [-0.39, 0.29) is 11.6 Å². The Bertz CT molecular complexity index is 607. The summed E-state index contributed by atoms with van der Waals surface area (Å²) in [7, 11) is 0. The predicted octanol–water partition coefficient (Wildman–Crippen LogP) is 1.57. The second-order valence-electron chi connectivity index (χ2n) is 5.70. The summed E-state index contributed by atoms with van der Waals surface area (Å²) < 4.78 is 16.7. The van der Waals surface area contributed by atoms with Gasteiger partial charge in [-0.25, -0.2) is 0 Å². The van der Waals surface area contributed by atoms with Crippen molar-refractivity contribution in [3.8, 4) is 11.5 Å². The van der Waals surface area contributed by atoms with Gasteiger partial charge in [-0.05, 0) is 19.1 Å². The number of morpholine rings is 1. The van der Waals surface area contributed by atoms with Crippen LogP contribution >= 0.6 is 0 Å². The largest absolute Gasteiger partial charge is 0.491 e. The van der Waals surface area contributed by atoms with Gasteiger partial charge < -0.3 is 14.2 Å². The molecule has 2 heterocycles. The van der Waals surface area contributed by atoms with Crippen LogP contribution in [-0.4, -0.2) is 62.5 Å². The molecule has 6 heteroatoms. The number of nitrogens with zero attached hydrogens (tertiary/aromatic N) is 1. The molecule has 23 heavy (non-hydrogen) atoms. The zero-order valence-electron chi connectivity index (χ0n) is 13.3. The highest BCUT2D eigenvalue weighted by Gasteiger charge is 2.27. The Morgan fingerprint density at radius 2 is 2.04 bits per heavy atom. The summed E-state index contributed by atoms with van der Waals surface area (Å²) in [4.78, 5) is 26.2. The molecule has 0 aromatic heterocycles. The van der Waals surface area contributed by atoms with Crippen molar-refractivity contribution in [3.63, 3.8) is 0 Å². The lowest BCUT2D eigenvalue weighted by molar-refractivity contribution is 0.0322. The second-order valence-corrected chi connectivity index (χ2v) is 5.70. The lowest BCUT2D eigenvalue weighted by Crippen LogP contribution is -2.38. The molecular formula is C17H21NO5. The maximum Gasteiger partial charge on any atom is 0.173 e. The number of hydrogen-bond donors (Lipinski definition) is 0. The molecule has 0 amide bonds. The van der Waals surface area contributed by atoms with Gasteiger partial charge in [0.15, 0.2) is 11.6 Å². The molecule has 1 fully saturated rings. The first-order valence-electron chi connectivity index (χ1n) is 7.93. The van der Waals surface area contributed by atoms with Crippen LogP contribution in [0.4, 0.5) is 0 Å². The fourth-order valence-corrected chi connectivity index (χ4v) is 2.86. The van der Waals surface area contributed by atoms with E-state index in [1.54, 1.807) is 12.1 Å². The minimum Gasteiger partial charge on any atom is -0.491 e. The van der Waals surface area contributed by atoms with Crippen LogP contribution in [0.25, 0.3) is 0 Å². The normalized spacial score (nSPS) is 18.2. The third-order valence-electron chi connectivity index (χ3n) is 4.12. The first-order valence-corrected chi connectivity index (χ1v) is 7.93. The number of fused-ring (bicyclic) bond motifs is 1. The molecule has 0 aliphatic carbocycles. The van der Waals surface area contributed by atoms with Gasteiger partial charge in [-0.2, -0.15) is 0 Å². The van der Waals surface area contributed by atoms with Gasteiger partial charge in [-0.3, -0.25) is 14.5 Å². The number of carbonyl (C=O) groups excluding carboxylic acids is 2. The van der Waals surface area contributed by atoms with Crippen molar-refractivity contribution < 1.29 is 23.8 Å². The first-order chi connectivity index (χ1) is 11.2. The lowest BCUT2D eigenvalue weighted by Gasteiger charge is -2.27. The van der Waals surface area contributed by atoms with Gasteiger partial charge in [0, 0.05) is 26.1 Å². The van der Waals surface area contributed by atoms with Crippen molar-refractivity contribution in [1.82, 2.24) is 4.90 Å². The highest BCUT2D eigenvalue weighted by molar-refractivity contribution is 6.07. The highest BCUT2D eigenvalue weighted by Crippen LogP contribution is 2.36. The Morgan fingerprint density at radius 1 is 1.26 bits per heavy atom. The maximum atomic E-state index is 12.2. The Labute approximate surface area is 135 Å². The zero-order valence-corrected chi connectivity index (χ0v) is 13.3. The second kappa shape index (κ2) is 7.10. The molecule has 0 bridgehead atoms. The van der Waals surface area contributed by atoms with Gasteiger partial charge in [-0.1, -0.05) is 0 Å². The average molecular weight is 319 g/mol. The van der Waals surface area contributed by atoms with E-state index in [9.17, 15) is 9.59 Å². The summed E-state index contributed by atoms with van der Waals surface area (Å²) >= 11 is 0. The molecule has 3 rings (SSSR count). The van der Waals surface area contributed by atoms with E-state index in [4.69, 9.17) is 14.2 Å². The van der Waals surface area contributed by atoms with Crippen LogP contribution in [0, 0.1) is 0 Å². The van der Waals surface area contributed by atoms with Crippen LogP contribution in [0.15, 0.2) is 12.1 Å². The molecule has 0 radical (unpaired) electrons. The number of hydrogen-bond acceptors (Lipinski definition) is 6. The van der Waals surface area contributed by atoms with E-state index in [2.05, 4.69) is 4.90 Å². The van der Waals surface area contributed by atoms with Gasteiger partial charge in [0.1, 0.15) is 23.7 Å². The third kappa shape index (κ3) is 3.54. The molecule has 1 aromatic carbocycles.